The number of aliphatic hydroxyl groups excluding tert-OH is 2. The molecule has 0 bridgehead atoms. The minimum Gasteiger partial charge on any atom is -0.395 e. The Morgan fingerprint density at radius 3 is 2.60 bits per heavy atom. The molecule has 0 fully saturated rings. The Bertz CT molecular complexity index is 429. The van der Waals surface area contributed by atoms with Gasteiger partial charge in [-0.2, -0.15) is 0 Å². The van der Waals surface area contributed by atoms with Gasteiger partial charge in [-0.3, -0.25) is 4.90 Å². The summed E-state index contributed by atoms with van der Waals surface area (Å²) in [5.74, 6) is 6.00. The van der Waals surface area contributed by atoms with E-state index in [1.165, 1.54) is 4.88 Å². The predicted octanol–water partition coefficient (Wildman–Crippen LogP) is 2.46. The average molecular weight is 295 g/mol. The highest BCUT2D eigenvalue weighted by atomic mass is 32.1. The first-order chi connectivity index (χ1) is 9.74. The molecule has 112 valence electrons. The zero-order valence-electron chi connectivity index (χ0n) is 12.4. The second-order valence-electron chi connectivity index (χ2n) is 4.74. The van der Waals surface area contributed by atoms with Crippen LogP contribution >= 0.6 is 11.3 Å². The molecular weight excluding hydrogens is 270 g/mol. The molecule has 3 nitrogen and oxygen atoms in total. The minimum absolute atomic E-state index is 0.114. The van der Waals surface area contributed by atoms with Crippen molar-refractivity contribution in [2.75, 3.05) is 19.8 Å². The van der Waals surface area contributed by atoms with Crippen LogP contribution in [0.2, 0.25) is 0 Å². The number of rotatable bonds is 8. The Hall–Kier alpha value is -0.860. The molecule has 1 rings (SSSR count). The molecule has 20 heavy (non-hydrogen) atoms. The Kier molecular flexibility index (Phi) is 8.56. The van der Waals surface area contributed by atoms with Crippen LogP contribution in [0.4, 0.5) is 0 Å². The minimum atomic E-state index is 0.114. The molecule has 0 atom stereocenters. The molecule has 1 aromatic rings. The summed E-state index contributed by atoms with van der Waals surface area (Å²) in [5.41, 5.74) is 1.02. The predicted molar refractivity (Wildman–Crippen MR) is 84.8 cm³/mol. The quantitative estimate of drug-likeness (QED) is 0.724. The fourth-order valence-corrected chi connectivity index (χ4v) is 3.11. The first kappa shape index (κ1) is 17.2. The van der Waals surface area contributed by atoms with Crippen LogP contribution < -0.4 is 0 Å². The van der Waals surface area contributed by atoms with E-state index in [0.717, 1.165) is 31.5 Å². The summed E-state index contributed by atoms with van der Waals surface area (Å²) in [5, 5.41) is 20.0. The Labute approximate surface area is 126 Å². The van der Waals surface area contributed by atoms with E-state index < -0.39 is 0 Å². The number of aliphatic hydroxyl groups is 2. The van der Waals surface area contributed by atoms with E-state index in [1.807, 2.05) is 0 Å². The van der Waals surface area contributed by atoms with Crippen molar-refractivity contribution in [3.63, 3.8) is 0 Å². The maximum atomic E-state index is 9.22. The summed E-state index contributed by atoms with van der Waals surface area (Å²) in [4.78, 5) is 3.62. The van der Waals surface area contributed by atoms with Gasteiger partial charge in [-0.15, -0.1) is 11.3 Å². The summed E-state index contributed by atoms with van der Waals surface area (Å²) in [6.45, 7) is 6.29. The maximum Gasteiger partial charge on any atom is 0.0558 e. The van der Waals surface area contributed by atoms with Crippen molar-refractivity contribution in [2.45, 2.75) is 45.7 Å². The summed E-state index contributed by atoms with van der Waals surface area (Å²) < 4.78 is 0. The molecular formula is C16H25NO2S. The fraction of sp³-hybridized carbons (Fsp3) is 0.625. The second kappa shape index (κ2) is 9.95. The van der Waals surface area contributed by atoms with Crippen LogP contribution in [0.5, 0.6) is 0 Å². The van der Waals surface area contributed by atoms with Gasteiger partial charge in [0.25, 0.3) is 0 Å². The zero-order chi connectivity index (χ0) is 14.8. The zero-order valence-corrected chi connectivity index (χ0v) is 13.2. The molecule has 0 aliphatic heterocycles. The van der Waals surface area contributed by atoms with Crippen LogP contribution in [-0.2, 0) is 6.54 Å². The van der Waals surface area contributed by atoms with Gasteiger partial charge in [-0.05, 0) is 18.9 Å². The van der Waals surface area contributed by atoms with Crippen LogP contribution in [0.1, 0.15) is 43.6 Å². The van der Waals surface area contributed by atoms with E-state index in [4.69, 9.17) is 5.11 Å². The lowest BCUT2D eigenvalue weighted by Gasteiger charge is -2.29. The fourth-order valence-electron chi connectivity index (χ4n) is 2.27. The first-order valence-electron chi connectivity index (χ1n) is 7.27. The van der Waals surface area contributed by atoms with Gasteiger partial charge in [-0.1, -0.05) is 25.7 Å². The summed E-state index contributed by atoms with van der Waals surface area (Å²) in [6, 6.07) is 2.63. The lowest BCUT2D eigenvalue weighted by atomic mass is 10.1. The van der Waals surface area contributed by atoms with Crippen LogP contribution in [0.3, 0.4) is 0 Å². The summed E-state index contributed by atoms with van der Waals surface area (Å²) in [7, 11) is 0. The summed E-state index contributed by atoms with van der Waals surface area (Å²) in [6.07, 6.45) is 2.73. The van der Waals surface area contributed by atoms with E-state index in [-0.39, 0.29) is 13.2 Å². The van der Waals surface area contributed by atoms with Crippen LogP contribution in [0.25, 0.3) is 0 Å². The molecule has 0 saturated heterocycles. The molecule has 0 saturated carbocycles. The van der Waals surface area contributed by atoms with Crippen molar-refractivity contribution >= 4 is 11.3 Å². The van der Waals surface area contributed by atoms with Crippen molar-refractivity contribution < 1.29 is 10.2 Å². The lowest BCUT2D eigenvalue weighted by molar-refractivity contribution is 0.137. The number of thiophene rings is 1. The molecule has 0 aromatic carbocycles. The van der Waals surface area contributed by atoms with Crippen molar-refractivity contribution in [3.05, 3.63) is 21.9 Å². The highest BCUT2D eigenvalue weighted by molar-refractivity contribution is 7.10. The second-order valence-corrected chi connectivity index (χ2v) is 5.74. The number of nitrogens with zero attached hydrogens (tertiary/aromatic N) is 1. The largest absolute Gasteiger partial charge is 0.395 e. The van der Waals surface area contributed by atoms with Gasteiger partial charge in [-0.25, -0.2) is 0 Å². The molecule has 1 heterocycles. The highest BCUT2D eigenvalue weighted by Crippen LogP contribution is 2.19. The first-order valence-corrected chi connectivity index (χ1v) is 8.15. The third kappa shape index (κ3) is 5.64. The van der Waals surface area contributed by atoms with Crippen molar-refractivity contribution in [1.29, 1.82) is 0 Å². The van der Waals surface area contributed by atoms with Gasteiger partial charge in [0.05, 0.1) is 13.2 Å². The Morgan fingerprint density at radius 1 is 1.25 bits per heavy atom. The van der Waals surface area contributed by atoms with Crippen LogP contribution in [0, 0.1) is 11.8 Å². The van der Waals surface area contributed by atoms with Crippen molar-refractivity contribution in [2.24, 2.45) is 0 Å². The van der Waals surface area contributed by atoms with Crippen LogP contribution in [-0.4, -0.2) is 40.9 Å². The smallest absolute Gasteiger partial charge is 0.0558 e. The van der Waals surface area contributed by atoms with Gasteiger partial charge >= 0.3 is 0 Å². The molecule has 1 aromatic heterocycles. The van der Waals surface area contributed by atoms with E-state index in [9.17, 15) is 5.11 Å². The molecule has 0 spiro atoms. The van der Waals surface area contributed by atoms with E-state index >= 15 is 0 Å². The average Bonchev–Trinajstić information content (AvgIpc) is 2.88. The van der Waals surface area contributed by atoms with E-state index in [2.05, 4.69) is 42.0 Å². The van der Waals surface area contributed by atoms with E-state index in [1.54, 1.807) is 11.3 Å². The Morgan fingerprint density at radius 2 is 2.00 bits per heavy atom. The third-order valence-corrected chi connectivity index (χ3v) is 4.25. The third-order valence-electron chi connectivity index (χ3n) is 3.33. The van der Waals surface area contributed by atoms with Crippen molar-refractivity contribution in [3.8, 4) is 11.8 Å². The van der Waals surface area contributed by atoms with Crippen LogP contribution in [0.15, 0.2) is 11.4 Å². The molecule has 0 radical (unpaired) electrons. The molecule has 0 aliphatic carbocycles. The van der Waals surface area contributed by atoms with Crippen molar-refractivity contribution in [1.82, 2.24) is 4.90 Å². The standard InChI is InChI=1S/C16H25NO2S/c1-3-15(4-2)17(8-10-19)12-16-11-14(13-20-16)7-5-6-9-18/h11,13,15,18-19H,3-4,6,8-10,12H2,1-2H3. The Balaban J connectivity index is 2.67. The lowest BCUT2D eigenvalue weighted by Crippen LogP contribution is -2.35. The monoisotopic (exact) mass is 295 g/mol. The molecule has 0 aliphatic rings. The number of hydrogen-bond donors (Lipinski definition) is 2. The van der Waals surface area contributed by atoms with Gasteiger partial charge < -0.3 is 10.2 Å². The van der Waals surface area contributed by atoms with E-state index in [0.29, 0.717) is 12.5 Å². The summed E-state index contributed by atoms with van der Waals surface area (Å²) >= 11 is 1.71. The molecule has 4 heteroatoms. The normalized spacial score (nSPS) is 10.9. The highest BCUT2D eigenvalue weighted by Gasteiger charge is 2.15. The van der Waals surface area contributed by atoms with Gasteiger partial charge in [0.2, 0.25) is 0 Å². The molecule has 2 N–H and O–H groups in total. The molecule has 0 unspecified atom stereocenters. The molecule has 0 amide bonds. The SMILES string of the molecule is CCC(CC)N(CCO)Cc1cc(C#CCCO)cs1. The van der Waals surface area contributed by atoms with Gasteiger partial charge in [0.15, 0.2) is 0 Å². The van der Waals surface area contributed by atoms with Gasteiger partial charge in [0.1, 0.15) is 0 Å². The number of hydrogen-bond acceptors (Lipinski definition) is 4. The maximum absolute atomic E-state index is 9.22. The topological polar surface area (TPSA) is 43.7 Å². The van der Waals surface area contributed by atoms with Gasteiger partial charge in [0, 0.05) is 41.4 Å².